The molecule has 2 aromatic rings. The van der Waals surface area contributed by atoms with Crippen molar-refractivity contribution in [1.82, 2.24) is 0 Å². The average molecular weight is 411 g/mol. The number of benzene rings is 2. The van der Waals surface area contributed by atoms with E-state index in [1.807, 2.05) is 30.3 Å². The van der Waals surface area contributed by atoms with Gasteiger partial charge in [-0.25, -0.2) is 0 Å². The van der Waals surface area contributed by atoms with Crippen molar-refractivity contribution >= 4 is 23.5 Å². The monoisotopic (exact) mass is 410 g/mol. The number of rotatable bonds is 3. The number of hydrogen-bond acceptors (Lipinski definition) is 3. The number of allylic oxidation sites excluding steroid dienone is 1. The van der Waals surface area contributed by atoms with Gasteiger partial charge in [0.05, 0.1) is 5.56 Å². The lowest BCUT2D eigenvalue weighted by atomic mass is 9.85. The first-order valence-corrected chi connectivity index (χ1v) is 10.6. The Balaban J connectivity index is 1.77. The Bertz CT molecular complexity index is 1000. The Hall–Kier alpha value is -2.26. The van der Waals surface area contributed by atoms with E-state index in [1.54, 1.807) is 12.2 Å². The maximum Gasteiger partial charge on any atom is 0.189 e. The zero-order valence-corrected chi connectivity index (χ0v) is 18.2. The Labute approximate surface area is 177 Å². The minimum atomic E-state index is -0.313. The van der Waals surface area contributed by atoms with Crippen LogP contribution in [-0.2, 0) is 12.8 Å². The third-order valence-corrected chi connectivity index (χ3v) is 6.06. The second kappa shape index (κ2) is 7.21. The predicted octanol–water partition coefficient (Wildman–Crippen LogP) is 6.44. The second-order valence-electron chi connectivity index (χ2n) is 9.16. The Kier molecular flexibility index (Phi) is 4.98. The van der Waals surface area contributed by atoms with Gasteiger partial charge < -0.3 is 9.47 Å². The minimum absolute atomic E-state index is 0.0773. The minimum Gasteiger partial charge on any atom is -0.487 e. The molecule has 0 spiro atoms. The van der Waals surface area contributed by atoms with Crippen LogP contribution in [0.25, 0.3) is 6.08 Å². The van der Waals surface area contributed by atoms with Crippen molar-refractivity contribution in [3.63, 3.8) is 0 Å². The number of ether oxygens (including phenoxy) is 2. The first-order valence-electron chi connectivity index (χ1n) is 10.2. The molecule has 2 aromatic carbocycles. The molecule has 0 amide bonds. The fourth-order valence-electron chi connectivity index (χ4n) is 3.99. The maximum absolute atomic E-state index is 13.2. The van der Waals surface area contributed by atoms with E-state index in [2.05, 4.69) is 27.7 Å². The van der Waals surface area contributed by atoms with Crippen LogP contribution in [0.1, 0.15) is 67.6 Å². The van der Waals surface area contributed by atoms with Crippen LogP contribution >= 0.6 is 11.6 Å². The van der Waals surface area contributed by atoms with Crippen LogP contribution in [0.3, 0.4) is 0 Å². The maximum atomic E-state index is 13.2. The van der Waals surface area contributed by atoms with E-state index >= 15 is 0 Å². The number of halogens is 1. The Morgan fingerprint density at radius 2 is 1.66 bits per heavy atom. The SMILES string of the molecule is CC1(C)CCc2cc(C(=O)/C=C/c3ccccc3Cl)c3c(c2O1)CCC(C)(C)O3. The van der Waals surface area contributed by atoms with Gasteiger partial charge in [0, 0.05) is 10.6 Å². The summed E-state index contributed by atoms with van der Waals surface area (Å²) in [4.78, 5) is 13.2. The first-order chi connectivity index (χ1) is 13.7. The molecule has 0 saturated carbocycles. The van der Waals surface area contributed by atoms with Crippen LogP contribution < -0.4 is 9.47 Å². The second-order valence-corrected chi connectivity index (χ2v) is 9.57. The number of fused-ring (bicyclic) bond motifs is 3. The smallest absolute Gasteiger partial charge is 0.189 e. The first kappa shape index (κ1) is 20.0. The predicted molar refractivity (Wildman–Crippen MR) is 117 cm³/mol. The number of aryl methyl sites for hydroxylation is 1. The van der Waals surface area contributed by atoms with Crippen molar-refractivity contribution in [3.8, 4) is 11.5 Å². The fourth-order valence-corrected chi connectivity index (χ4v) is 4.18. The molecule has 0 radical (unpaired) electrons. The molecule has 3 nitrogen and oxygen atoms in total. The van der Waals surface area contributed by atoms with Crippen LogP contribution in [0.2, 0.25) is 5.02 Å². The largest absolute Gasteiger partial charge is 0.487 e. The summed E-state index contributed by atoms with van der Waals surface area (Å²) in [7, 11) is 0. The zero-order valence-electron chi connectivity index (χ0n) is 17.5. The molecule has 0 unspecified atom stereocenters. The molecule has 0 saturated heterocycles. The van der Waals surface area contributed by atoms with Crippen LogP contribution in [0, 0.1) is 0 Å². The van der Waals surface area contributed by atoms with Gasteiger partial charge in [0.2, 0.25) is 0 Å². The highest BCUT2D eigenvalue weighted by Crippen LogP contribution is 2.47. The molecule has 4 rings (SSSR count). The number of carbonyl (C=O) groups is 1. The lowest BCUT2D eigenvalue weighted by Crippen LogP contribution is -2.37. The Morgan fingerprint density at radius 3 is 2.38 bits per heavy atom. The summed E-state index contributed by atoms with van der Waals surface area (Å²) >= 11 is 6.22. The summed E-state index contributed by atoms with van der Waals surface area (Å²) in [6.45, 7) is 8.35. The van der Waals surface area contributed by atoms with E-state index in [1.165, 1.54) is 0 Å². The van der Waals surface area contributed by atoms with E-state index in [-0.39, 0.29) is 17.0 Å². The molecule has 0 fully saturated rings. The van der Waals surface area contributed by atoms with E-state index in [9.17, 15) is 4.79 Å². The molecule has 2 heterocycles. The van der Waals surface area contributed by atoms with Gasteiger partial charge in [-0.1, -0.05) is 29.8 Å². The van der Waals surface area contributed by atoms with E-state index in [0.717, 1.165) is 48.1 Å². The summed E-state index contributed by atoms with van der Waals surface area (Å²) in [6.07, 6.45) is 6.91. The van der Waals surface area contributed by atoms with Crippen molar-refractivity contribution in [2.75, 3.05) is 0 Å². The molecule has 2 aliphatic heterocycles. The van der Waals surface area contributed by atoms with Gasteiger partial charge in [-0.15, -0.1) is 0 Å². The van der Waals surface area contributed by atoms with Crippen molar-refractivity contribution in [2.45, 2.75) is 64.6 Å². The van der Waals surface area contributed by atoms with Crippen molar-refractivity contribution in [3.05, 3.63) is 63.7 Å². The van der Waals surface area contributed by atoms with Gasteiger partial charge in [-0.3, -0.25) is 4.79 Å². The third kappa shape index (κ3) is 4.06. The molecular formula is C25H27ClO3. The van der Waals surface area contributed by atoms with Gasteiger partial charge in [0.15, 0.2) is 5.78 Å². The molecule has 0 aliphatic carbocycles. The molecule has 0 aromatic heterocycles. The van der Waals surface area contributed by atoms with E-state index in [0.29, 0.717) is 16.3 Å². The lowest BCUT2D eigenvalue weighted by Gasteiger charge is -2.39. The highest BCUT2D eigenvalue weighted by molar-refractivity contribution is 6.32. The van der Waals surface area contributed by atoms with Crippen LogP contribution in [0.5, 0.6) is 11.5 Å². The zero-order chi connectivity index (χ0) is 20.8. The molecule has 0 bridgehead atoms. The molecular weight excluding hydrogens is 384 g/mol. The summed E-state index contributed by atoms with van der Waals surface area (Å²) in [5, 5.41) is 0.622. The van der Waals surface area contributed by atoms with Gasteiger partial charge in [0.1, 0.15) is 22.7 Å². The van der Waals surface area contributed by atoms with E-state index < -0.39 is 0 Å². The number of ketones is 1. The van der Waals surface area contributed by atoms with Crippen molar-refractivity contribution in [1.29, 1.82) is 0 Å². The molecule has 2 aliphatic rings. The molecule has 152 valence electrons. The Morgan fingerprint density at radius 1 is 1.00 bits per heavy atom. The molecule has 0 atom stereocenters. The van der Waals surface area contributed by atoms with E-state index in [4.69, 9.17) is 21.1 Å². The standard InChI is InChI=1S/C25H27ClO3/c1-24(2)13-11-17-15-19(21(27)10-9-16-7-5-6-8-20(16)26)23-18(22(17)28-24)12-14-25(3,4)29-23/h5-10,15H,11-14H2,1-4H3/b10-9+. The molecule has 4 heteroatoms. The van der Waals surface area contributed by atoms with Crippen LogP contribution in [0.4, 0.5) is 0 Å². The quantitative estimate of drug-likeness (QED) is 0.431. The van der Waals surface area contributed by atoms with Crippen molar-refractivity contribution in [2.24, 2.45) is 0 Å². The van der Waals surface area contributed by atoms with Crippen molar-refractivity contribution < 1.29 is 14.3 Å². The molecule has 29 heavy (non-hydrogen) atoms. The van der Waals surface area contributed by atoms with Crippen LogP contribution in [-0.4, -0.2) is 17.0 Å². The highest BCUT2D eigenvalue weighted by atomic mass is 35.5. The highest BCUT2D eigenvalue weighted by Gasteiger charge is 2.36. The third-order valence-electron chi connectivity index (χ3n) is 5.72. The average Bonchev–Trinajstić information content (AvgIpc) is 2.65. The van der Waals surface area contributed by atoms with Gasteiger partial charge in [0.25, 0.3) is 0 Å². The topological polar surface area (TPSA) is 35.5 Å². The lowest BCUT2D eigenvalue weighted by molar-refractivity contribution is 0.0655. The number of hydrogen-bond donors (Lipinski definition) is 0. The van der Waals surface area contributed by atoms with Crippen LogP contribution in [0.15, 0.2) is 36.4 Å². The normalized spacial score (nSPS) is 19.1. The van der Waals surface area contributed by atoms with Gasteiger partial charge in [-0.05, 0) is 88.8 Å². The number of carbonyl (C=O) groups excluding carboxylic acids is 1. The summed E-state index contributed by atoms with van der Waals surface area (Å²) in [5.74, 6) is 1.51. The fraction of sp³-hybridized carbons (Fsp3) is 0.400. The summed E-state index contributed by atoms with van der Waals surface area (Å²) in [6, 6.07) is 9.45. The van der Waals surface area contributed by atoms with Gasteiger partial charge >= 0.3 is 0 Å². The summed E-state index contributed by atoms with van der Waals surface area (Å²) < 4.78 is 12.7. The van der Waals surface area contributed by atoms with Gasteiger partial charge in [-0.2, -0.15) is 0 Å². The molecule has 0 N–H and O–H groups in total. The summed E-state index contributed by atoms with van der Waals surface area (Å²) in [5.41, 5.74) is 3.04.